The van der Waals surface area contributed by atoms with Crippen molar-refractivity contribution >= 4 is 0 Å². The van der Waals surface area contributed by atoms with Gasteiger partial charge in [0.25, 0.3) is 0 Å². The number of hydrogen-bond donors (Lipinski definition) is 0. The summed E-state index contributed by atoms with van der Waals surface area (Å²) in [6, 6.07) is 1.88. The number of rotatable bonds is 0. The van der Waals surface area contributed by atoms with Gasteiger partial charge in [0.1, 0.15) is 5.82 Å². The van der Waals surface area contributed by atoms with Crippen molar-refractivity contribution < 1.29 is 0 Å². The van der Waals surface area contributed by atoms with Gasteiger partial charge in [-0.05, 0) is 19.9 Å². The second kappa shape index (κ2) is 11.1. The zero-order valence-corrected chi connectivity index (χ0v) is 9.76. The van der Waals surface area contributed by atoms with Crippen LogP contribution in [-0.2, 0) is 0 Å². The molecule has 0 unspecified atom stereocenters. The molecule has 1 rings (SSSR count). The van der Waals surface area contributed by atoms with Crippen LogP contribution >= 0.6 is 0 Å². The van der Waals surface area contributed by atoms with Crippen LogP contribution in [0, 0.1) is 13.8 Å². The summed E-state index contributed by atoms with van der Waals surface area (Å²) in [5.74, 6) is 0.838. The van der Waals surface area contributed by atoms with E-state index >= 15 is 0 Å². The Kier molecular flexibility index (Phi) is 12.4. The SMILES string of the molecule is CC.CCC.Cc1ccnc(C)n1. The Morgan fingerprint density at radius 1 is 1.15 bits per heavy atom. The zero-order chi connectivity index (χ0) is 10.7. The minimum Gasteiger partial charge on any atom is -0.242 e. The van der Waals surface area contributed by atoms with E-state index < -0.39 is 0 Å². The van der Waals surface area contributed by atoms with E-state index in [1.54, 1.807) is 6.20 Å². The van der Waals surface area contributed by atoms with Gasteiger partial charge in [0.05, 0.1) is 0 Å². The Morgan fingerprint density at radius 3 is 1.85 bits per heavy atom. The van der Waals surface area contributed by atoms with Crippen molar-refractivity contribution in [3.8, 4) is 0 Å². The van der Waals surface area contributed by atoms with Crippen LogP contribution < -0.4 is 0 Å². The number of hydrogen-bond acceptors (Lipinski definition) is 2. The third-order valence-corrected chi connectivity index (χ3v) is 0.915. The van der Waals surface area contributed by atoms with Crippen molar-refractivity contribution in [2.24, 2.45) is 0 Å². The van der Waals surface area contributed by atoms with E-state index in [4.69, 9.17) is 0 Å². The van der Waals surface area contributed by atoms with Crippen LogP contribution in [0.4, 0.5) is 0 Å². The highest BCUT2D eigenvalue weighted by atomic mass is 14.9. The average molecular weight is 182 g/mol. The van der Waals surface area contributed by atoms with E-state index in [2.05, 4.69) is 23.8 Å². The first-order valence-corrected chi connectivity index (χ1v) is 4.97. The summed E-state index contributed by atoms with van der Waals surface area (Å²) in [7, 11) is 0. The quantitative estimate of drug-likeness (QED) is 0.613. The molecule has 2 nitrogen and oxygen atoms in total. The van der Waals surface area contributed by atoms with Gasteiger partial charge < -0.3 is 0 Å². The highest BCUT2D eigenvalue weighted by Crippen LogP contribution is 1.88. The van der Waals surface area contributed by atoms with E-state index in [9.17, 15) is 0 Å². The summed E-state index contributed by atoms with van der Waals surface area (Å²) in [6.07, 6.45) is 3.01. The molecule has 2 heteroatoms. The van der Waals surface area contributed by atoms with Gasteiger partial charge in [0.15, 0.2) is 0 Å². The zero-order valence-electron chi connectivity index (χ0n) is 9.76. The highest BCUT2D eigenvalue weighted by molar-refractivity contribution is 4.97. The monoisotopic (exact) mass is 182 g/mol. The average Bonchev–Trinajstić information content (AvgIpc) is 2.08. The first-order valence-electron chi connectivity index (χ1n) is 4.97. The largest absolute Gasteiger partial charge is 0.242 e. The maximum atomic E-state index is 4.06. The molecule has 0 saturated heterocycles. The Morgan fingerprint density at radius 2 is 1.62 bits per heavy atom. The summed E-state index contributed by atoms with van der Waals surface area (Å²) in [5.41, 5.74) is 1.03. The summed E-state index contributed by atoms with van der Waals surface area (Å²) in [4.78, 5) is 7.99. The molecule has 1 aromatic rings. The fourth-order valence-corrected chi connectivity index (χ4v) is 0.574. The van der Waals surface area contributed by atoms with Crippen LogP contribution in [0.25, 0.3) is 0 Å². The third kappa shape index (κ3) is 11.1. The lowest BCUT2D eigenvalue weighted by molar-refractivity contribution is 1.01. The van der Waals surface area contributed by atoms with Gasteiger partial charge in [0, 0.05) is 11.9 Å². The minimum atomic E-state index is 0.838. The van der Waals surface area contributed by atoms with E-state index in [1.165, 1.54) is 6.42 Å². The van der Waals surface area contributed by atoms with Crippen LogP contribution in [0.2, 0.25) is 0 Å². The van der Waals surface area contributed by atoms with E-state index in [0.29, 0.717) is 0 Å². The molecular weight excluding hydrogens is 160 g/mol. The van der Waals surface area contributed by atoms with Gasteiger partial charge in [-0.1, -0.05) is 34.1 Å². The molecule has 76 valence electrons. The van der Waals surface area contributed by atoms with Gasteiger partial charge >= 0.3 is 0 Å². The van der Waals surface area contributed by atoms with Crippen LogP contribution in [0.5, 0.6) is 0 Å². The van der Waals surface area contributed by atoms with Gasteiger partial charge in [-0.2, -0.15) is 0 Å². The predicted molar refractivity (Wildman–Crippen MR) is 58.8 cm³/mol. The molecular formula is C11H22N2. The van der Waals surface area contributed by atoms with Crippen LogP contribution in [0.15, 0.2) is 12.3 Å². The van der Waals surface area contributed by atoms with E-state index in [1.807, 2.05) is 33.8 Å². The summed E-state index contributed by atoms with van der Waals surface area (Å²) < 4.78 is 0. The number of aromatic nitrogens is 2. The molecule has 0 radical (unpaired) electrons. The van der Waals surface area contributed by atoms with Gasteiger partial charge in [-0.25, -0.2) is 9.97 Å². The molecule has 1 heterocycles. The van der Waals surface area contributed by atoms with Crippen molar-refractivity contribution in [3.63, 3.8) is 0 Å². The fraction of sp³-hybridized carbons (Fsp3) is 0.636. The second-order valence-corrected chi connectivity index (χ2v) is 2.45. The lowest BCUT2D eigenvalue weighted by Gasteiger charge is -1.89. The molecule has 0 spiro atoms. The van der Waals surface area contributed by atoms with Crippen molar-refractivity contribution in [3.05, 3.63) is 23.8 Å². The molecule has 13 heavy (non-hydrogen) atoms. The first-order chi connectivity index (χ1) is 6.20. The Labute approximate surface area is 82.4 Å². The third-order valence-electron chi connectivity index (χ3n) is 0.915. The normalized spacial score (nSPS) is 7.54. The topological polar surface area (TPSA) is 25.8 Å². The van der Waals surface area contributed by atoms with Crippen molar-refractivity contribution in [1.29, 1.82) is 0 Å². The molecule has 0 amide bonds. The first kappa shape index (κ1) is 14.6. The maximum absolute atomic E-state index is 4.06. The summed E-state index contributed by atoms with van der Waals surface area (Å²) >= 11 is 0. The van der Waals surface area contributed by atoms with Gasteiger partial charge in [-0.3, -0.25) is 0 Å². The summed E-state index contributed by atoms with van der Waals surface area (Å²) in [6.45, 7) is 12.1. The number of aryl methyl sites for hydroxylation is 2. The Hall–Kier alpha value is -0.920. The molecule has 0 aromatic carbocycles. The molecule has 0 aliphatic heterocycles. The molecule has 1 aromatic heterocycles. The highest BCUT2D eigenvalue weighted by Gasteiger charge is 1.83. The smallest absolute Gasteiger partial charge is 0.125 e. The molecule has 0 atom stereocenters. The van der Waals surface area contributed by atoms with Crippen molar-refractivity contribution in [2.75, 3.05) is 0 Å². The number of nitrogens with zero attached hydrogens (tertiary/aromatic N) is 2. The summed E-state index contributed by atoms with van der Waals surface area (Å²) in [5, 5.41) is 0. The molecule has 0 bridgehead atoms. The lowest BCUT2D eigenvalue weighted by atomic mass is 10.4. The maximum Gasteiger partial charge on any atom is 0.125 e. The van der Waals surface area contributed by atoms with E-state index in [-0.39, 0.29) is 0 Å². The molecule has 0 aliphatic rings. The second-order valence-electron chi connectivity index (χ2n) is 2.45. The standard InChI is InChI=1S/C6H8N2.C3H8.C2H6/c1-5-3-4-7-6(2)8-5;1-3-2;1-2/h3-4H,1-2H3;3H2,1-2H3;1-2H3. The van der Waals surface area contributed by atoms with Crippen LogP contribution in [0.3, 0.4) is 0 Å². The van der Waals surface area contributed by atoms with Crippen molar-refractivity contribution in [2.45, 2.75) is 48.0 Å². The minimum absolute atomic E-state index is 0.838. The molecule has 0 N–H and O–H groups in total. The van der Waals surface area contributed by atoms with Crippen LogP contribution in [-0.4, -0.2) is 9.97 Å². The molecule has 0 fully saturated rings. The predicted octanol–water partition coefficient (Wildman–Crippen LogP) is 3.54. The molecule has 0 aliphatic carbocycles. The van der Waals surface area contributed by atoms with Gasteiger partial charge in [0.2, 0.25) is 0 Å². The Balaban J connectivity index is 0. The molecule has 0 saturated carbocycles. The fourth-order valence-electron chi connectivity index (χ4n) is 0.574. The van der Waals surface area contributed by atoms with Crippen molar-refractivity contribution in [1.82, 2.24) is 9.97 Å². The Bertz CT molecular complexity index is 180. The van der Waals surface area contributed by atoms with Gasteiger partial charge in [-0.15, -0.1) is 0 Å². The van der Waals surface area contributed by atoms with Crippen LogP contribution in [0.1, 0.15) is 45.6 Å². The van der Waals surface area contributed by atoms with E-state index in [0.717, 1.165) is 11.5 Å². The lowest BCUT2D eigenvalue weighted by Crippen LogP contribution is -1.86.